The van der Waals surface area contributed by atoms with Crippen molar-refractivity contribution in [2.75, 3.05) is 11.5 Å². The number of furan rings is 1. The van der Waals surface area contributed by atoms with E-state index in [2.05, 4.69) is 0 Å². The van der Waals surface area contributed by atoms with Gasteiger partial charge in [0.1, 0.15) is 11.5 Å². The number of hydrogen-bond donors (Lipinski definition) is 0. The van der Waals surface area contributed by atoms with Crippen molar-refractivity contribution in [3.05, 3.63) is 83.0 Å². The smallest absolute Gasteiger partial charge is 0.338 e. The number of hydrogen-bond acceptors (Lipinski definition) is 6. The molecule has 1 amide bonds. The lowest BCUT2D eigenvalue weighted by molar-refractivity contribution is -0.113. The molecule has 1 aromatic heterocycles. The van der Waals surface area contributed by atoms with Gasteiger partial charge in [-0.3, -0.25) is 9.69 Å². The Morgan fingerprint density at radius 2 is 1.84 bits per heavy atom. The van der Waals surface area contributed by atoms with Crippen molar-refractivity contribution >= 4 is 51.9 Å². The summed E-state index contributed by atoms with van der Waals surface area (Å²) in [6, 6.07) is 20.0. The van der Waals surface area contributed by atoms with Crippen LogP contribution in [0, 0.1) is 0 Å². The summed E-state index contributed by atoms with van der Waals surface area (Å²) in [5.74, 6) is 0.693. The maximum atomic E-state index is 12.9. The van der Waals surface area contributed by atoms with Crippen LogP contribution in [0.15, 0.2) is 76.1 Å². The zero-order valence-electron chi connectivity index (χ0n) is 17.4. The Hall–Kier alpha value is -3.16. The van der Waals surface area contributed by atoms with Gasteiger partial charge in [0.2, 0.25) is 0 Å². The second-order valence-electron chi connectivity index (χ2n) is 7.12. The molecule has 5 nitrogen and oxygen atoms in total. The van der Waals surface area contributed by atoms with E-state index in [-0.39, 0.29) is 11.9 Å². The van der Waals surface area contributed by atoms with Gasteiger partial charge in [-0.25, -0.2) is 4.79 Å². The maximum absolute atomic E-state index is 12.9. The molecule has 0 bridgehead atoms. The van der Waals surface area contributed by atoms with Crippen LogP contribution in [0.4, 0.5) is 5.69 Å². The topological polar surface area (TPSA) is 59.8 Å². The number of para-hydroxylation sites is 1. The Kier molecular flexibility index (Phi) is 6.87. The minimum atomic E-state index is -0.328. The van der Waals surface area contributed by atoms with Gasteiger partial charge in [-0.15, -0.1) is 0 Å². The first-order valence-electron chi connectivity index (χ1n) is 10.3. The summed E-state index contributed by atoms with van der Waals surface area (Å²) in [4.78, 5) is 26.9. The molecule has 0 N–H and O–H groups in total. The number of thiocarbonyl (C=S) groups is 1. The van der Waals surface area contributed by atoms with Gasteiger partial charge in [0.15, 0.2) is 4.32 Å². The molecule has 32 heavy (non-hydrogen) atoms. The van der Waals surface area contributed by atoms with Crippen molar-refractivity contribution in [1.82, 2.24) is 0 Å². The van der Waals surface area contributed by atoms with Crippen molar-refractivity contribution in [2.24, 2.45) is 0 Å². The van der Waals surface area contributed by atoms with Gasteiger partial charge in [0.25, 0.3) is 5.91 Å². The predicted molar refractivity (Wildman–Crippen MR) is 131 cm³/mol. The molecule has 0 aliphatic carbocycles. The van der Waals surface area contributed by atoms with E-state index in [4.69, 9.17) is 21.4 Å². The maximum Gasteiger partial charge on any atom is 0.338 e. The van der Waals surface area contributed by atoms with Gasteiger partial charge in [0.05, 0.1) is 22.8 Å². The minimum absolute atomic E-state index is 0.171. The molecule has 0 radical (unpaired) electrons. The van der Waals surface area contributed by atoms with Gasteiger partial charge in [-0.1, -0.05) is 67.7 Å². The third-order valence-electron chi connectivity index (χ3n) is 4.84. The van der Waals surface area contributed by atoms with Gasteiger partial charge >= 0.3 is 5.97 Å². The van der Waals surface area contributed by atoms with E-state index in [1.54, 1.807) is 24.3 Å². The first-order chi connectivity index (χ1) is 15.6. The normalized spacial score (nSPS) is 14.9. The Morgan fingerprint density at radius 3 is 2.56 bits per heavy atom. The number of amides is 1. The summed E-state index contributed by atoms with van der Waals surface area (Å²) in [7, 11) is 0. The largest absolute Gasteiger partial charge is 0.462 e. The molecular weight excluding hydrogens is 442 g/mol. The number of ether oxygens (including phenoxy) is 1. The first kappa shape index (κ1) is 22.0. The highest BCUT2D eigenvalue weighted by Gasteiger charge is 2.33. The number of thioether (sulfide) groups is 1. The fraction of sp³-hybridized carbons (Fsp3) is 0.160. The van der Waals surface area contributed by atoms with Crippen molar-refractivity contribution in [2.45, 2.75) is 19.8 Å². The number of nitrogens with zero attached hydrogens (tertiary/aromatic N) is 1. The number of benzene rings is 2. The summed E-state index contributed by atoms with van der Waals surface area (Å²) >= 11 is 6.65. The summed E-state index contributed by atoms with van der Waals surface area (Å²) in [6.45, 7) is 2.47. The fourth-order valence-electron chi connectivity index (χ4n) is 3.15. The summed E-state index contributed by atoms with van der Waals surface area (Å²) in [5.41, 5.74) is 2.07. The number of carbonyl (C=O) groups excluding carboxylic acids is 2. The lowest BCUT2D eigenvalue weighted by atomic mass is 10.1. The van der Waals surface area contributed by atoms with E-state index in [0.29, 0.717) is 32.9 Å². The minimum Gasteiger partial charge on any atom is -0.462 e. The molecule has 0 saturated carbocycles. The van der Waals surface area contributed by atoms with Crippen LogP contribution < -0.4 is 4.90 Å². The molecule has 1 aliphatic rings. The van der Waals surface area contributed by atoms with Crippen LogP contribution in [-0.4, -0.2) is 22.8 Å². The summed E-state index contributed by atoms with van der Waals surface area (Å²) in [5, 5.41) is 0. The second kappa shape index (κ2) is 9.97. The SMILES string of the molecule is CCCCOC(=O)c1ccc(-c2ccc(/C=C3/SC(=S)N(c4ccccc4)C3=O)o2)cc1. The van der Waals surface area contributed by atoms with Crippen LogP contribution in [0.25, 0.3) is 17.4 Å². The molecule has 1 fully saturated rings. The Balaban J connectivity index is 1.47. The summed E-state index contributed by atoms with van der Waals surface area (Å²) < 4.78 is 11.6. The average molecular weight is 464 g/mol. The van der Waals surface area contributed by atoms with Gasteiger partial charge in [0, 0.05) is 11.6 Å². The fourth-order valence-corrected chi connectivity index (χ4v) is 4.42. The van der Waals surface area contributed by atoms with Crippen LogP contribution in [-0.2, 0) is 9.53 Å². The van der Waals surface area contributed by atoms with Gasteiger partial charge in [-0.05, 0) is 42.8 Å². The highest BCUT2D eigenvalue weighted by atomic mass is 32.2. The third-order valence-corrected chi connectivity index (χ3v) is 6.15. The highest BCUT2D eigenvalue weighted by Crippen LogP contribution is 2.36. The first-order valence-corrected chi connectivity index (χ1v) is 11.5. The van der Waals surface area contributed by atoms with Gasteiger partial charge in [-0.2, -0.15) is 0 Å². The van der Waals surface area contributed by atoms with Crippen LogP contribution >= 0.6 is 24.0 Å². The van der Waals surface area contributed by atoms with E-state index in [1.807, 2.05) is 55.5 Å². The lowest BCUT2D eigenvalue weighted by Gasteiger charge is -2.13. The Bertz CT molecular complexity index is 1170. The number of esters is 1. The van der Waals surface area contributed by atoms with Crippen LogP contribution in [0.3, 0.4) is 0 Å². The van der Waals surface area contributed by atoms with E-state index in [0.717, 1.165) is 24.1 Å². The molecule has 0 atom stereocenters. The van der Waals surface area contributed by atoms with Crippen molar-refractivity contribution in [3.8, 4) is 11.3 Å². The monoisotopic (exact) mass is 463 g/mol. The standard InChI is InChI=1S/C25H21NO4S2/c1-2-3-15-29-24(28)18-11-9-17(10-12-18)21-14-13-20(30-21)16-22-23(27)26(25(31)32-22)19-7-5-4-6-8-19/h4-14,16H,2-3,15H2,1H3/b22-16+. The molecule has 7 heteroatoms. The quantitative estimate of drug-likeness (QED) is 0.177. The molecule has 2 aromatic carbocycles. The molecular formula is C25H21NO4S2. The summed E-state index contributed by atoms with van der Waals surface area (Å²) in [6.07, 6.45) is 3.53. The second-order valence-corrected chi connectivity index (χ2v) is 8.80. The number of carbonyl (C=O) groups is 2. The van der Waals surface area contributed by atoms with Crippen LogP contribution in [0.1, 0.15) is 35.9 Å². The molecule has 1 saturated heterocycles. The molecule has 3 aromatic rings. The van der Waals surface area contributed by atoms with Gasteiger partial charge < -0.3 is 9.15 Å². The predicted octanol–water partition coefficient (Wildman–Crippen LogP) is 6.31. The molecule has 2 heterocycles. The lowest BCUT2D eigenvalue weighted by Crippen LogP contribution is -2.27. The number of anilines is 1. The average Bonchev–Trinajstić information content (AvgIpc) is 3.39. The molecule has 162 valence electrons. The highest BCUT2D eigenvalue weighted by molar-refractivity contribution is 8.27. The Labute approximate surface area is 196 Å². The van der Waals surface area contributed by atoms with Crippen molar-refractivity contribution in [1.29, 1.82) is 0 Å². The molecule has 1 aliphatic heterocycles. The molecule has 4 rings (SSSR count). The number of rotatable bonds is 7. The Morgan fingerprint density at radius 1 is 1.09 bits per heavy atom. The van der Waals surface area contributed by atoms with Crippen LogP contribution in [0.2, 0.25) is 0 Å². The molecule has 0 spiro atoms. The molecule has 0 unspecified atom stereocenters. The third kappa shape index (κ3) is 4.84. The van der Waals surface area contributed by atoms with E-state index >= 15 is 0 Å². The van der Waals surface area contributed by atoms with Crippen LogP contribution in [0.5, 0.6) is 0 Å². The van der Waals surface area contributed by atoms with Crippen molar-refractivity contribution < 1.29 is 18.7 Å². The van der Waals surface area contributed by atoms with E-state index < -0.39 is 0 Å². The zero-order valence-corrected chi connectivity index (χ0v) is 19.1. The number of unbranched alkanes of at least 4 members (excludes halogenated alkanes) is 1. The zero-order chi connectivity index (χ0) is 22.5. The van der Waals surface area contributed by atoms with Crippen molar-refractivity contribution in [3.63, 3.8) is 0 Å². The van der Waals surface area contributed by atoms with E-state index in [1.165, 1.54) is 16.7 Å². The van der Waals surface area contributed by atoms with E-state index in [9.17, 15) is 9.59 Å².